The molecule has 0 spiro atoms. The number of aromatic nitrogens is 1. The van der Waals surface area contributed by atoms with Crippen LogP contribution < -0.4 is 4.74 Å². The minimum absolute atomic E-state index is 0.220. The SMILES string of the molecule is COc1ccc(S(=O)(=O)N(Cc2ccccc2)Cc2cccc3cccnc23)cc1. The fraction of sp³-hybridized carbons (Fsp3) is 0.125. The molecule has 1 aromatic heterocycles. The van der Waals surface area contributed by atoms with E-state index in [-0.39, 0.29) is 18.0 Å². The number of hydrogen-bond donors (Lipinski definition) is 0. The highest BCUT2D eigenvalue weighted by molar-refractivity contribution is 7.89. The molecule has 0 atom stereocenters. The van der Waals surface area contributed by atoms with E-state index >= 15 is 0 Å². The Bertz CT molecular complexity index is 1240. The lowest BCUT2D eigenvalue weighted by atomic mass is 10.1. The summed E-state index contributed by atoms with van der Waals surface area (Å²) >= 11 is 0. The van der Waals surface area contributed by atoms with E-state index in [1.807, 2.05) is 60.7 Å². The first-order valence-corrected chi connectivity index (χ1v) is 11.0. The van der Waals surface area contributed by atoms with Gasteiger partial charge in [0.25, 0.3) is 0 Å². The van der Waals surface area contributed by atoms with Gasteiger partial charge in [-0.15, -0.1) is 0 Å². The van der Waals surface area contributed by atoms with Crippen LogP contribution >= 0.6 is 0 Å². The van der Waals surface area contributed by atoms with Gasteiger partial charge in [0.2, 0.25) is 10.0 Å². The average molecular weight is 419 g/mol. The molecule has 152 valence electrons. The maximum absolute atomic E-state index is 13.5. The summed E-state index contributed by atoms with van der Waals surface area (Å²) in [6.07, 6.45) is 1.73. The summed E-state index contributed by atoms with van der Waals surface area (Å²) in [6.45, 7) is 0.482. The number of hydrogen-bond acceptors (Lipinski definition) is 4. The van der Waals surface area contributed by atoms with Crippen LogP contribution in [0.25, 0.3) is 10.9 Å². The quantitative estimate of drug-likeness (QED) is 0.439. The maximum Gasteiger partial charge on any atom is 0.243 e. The van der Waals surface area contributed by atoms with E-state index in [1.165, 1.54) is 4.31 Å². The molecule has 1 heterocycles. The van der Waals surface area contributed by atoms with Crippen LogP contribution in [-0.4, -0.2) is 24.8 Å². The largest absolute Gasteiger partial charge is 0.497 e. The third kappa shape index (κ3) is 4.20. The molecule has 0 saturated heterocycles. The lowest BCUT2D eigenvalue weighted by Crippen LogP contribution is -2.30. The molecule has 0 aliphatic carbocycles. The van der Waals surface area contributed by atoms with E-state index in [1.54, 1.807) is 37.6 Å². The van der Waals surface area contributed by atoms with Crippen molar-refractivity contribution in [2.75, 3.05) is 7.11 Å². The molecule has 4 rings (SSSR count). The summed E-state index contributed by atoms with van der Waals surface area (Å²) < 4.78 is 33.7. The predicted octanol–water partition coefficient (Wildman–Crippen LogP) is 4.63. The highest BCUT2D eigenvalue weighted by Crippen LogP contribution is 2.25. The van der Waals surface area contributed by atoms with Crippen molar-refractivity contribution in [3.8, 4) is 5.75 Å². The normalized spacial score (nSPS) is 11.7. The van der Waals surface area contributed by atoms with E-state index in [4.69, 9.17) is 4.74 Å². The minimum Gasteiger partial charge on any atom is -0.497 e. The van der Waals surface area contributed by atoms with Gasteiger partial charge in [-0.3, -0.25) is 4.98 Å². The fourth-order valence-electron chi connectivity index (χ4n) is 3.39. The Morgan fingerprint density at radius 1 is 0.833 bits per heavy atom. The second-order valence-electron chi connectivity index (χ2n) is 6.93. The molecular formula is C24H22N2O3S. The summed E-state index contributed by atoms with van der Waals surface area (Å²) in [7, 11) is -2.19. The van der Waals surface area contributed by atoms with Gasteiger partial charge in [-0.25, -0.2) is 8.42 Å². The molecule has 0 aliphatic heterocycles. The number of nitrogens with zero attached hydrogens (tertiary/aromatic N) is 2. The number of fused-ring (bicyclic) bond motifs is 1. The molecule has 6 heteroatoms. The smallest absolute Gasteiger partial charge is 0.243 e. The molecule has 4 aromatic rings. The van der Waals surface area contributed by atoms with E-state index in [0.717, 1.165) is 22.0 Å². The van der Waals surface area contributed by atoms with Gasteiger partial charge in [0, 0.05) is 24.7 Å². The summed E-state index contributed by atoms with van der Waals surface area (Å²) in [5, 5.41) is 0.983. The van der Waals surface area contributed by atoms with Crippen LogP contribution in [0.5, 0.6) is 5.75 Å². The zero-order valence-electron chi connectivity index (χ0n) is 16.6. The fourth-order valence-corrected chi connectivity index (χ4v) is 4.80. The van der Waals surface area contributed by atoms with Gasteiger partial charge in [-0.1, -0.05) is 54.6 Å². The third-order valence-electron chi connectivity index (χ3n) is 4.96. The lowest BCUT2D eigenvalue weighted by Gasteiger charge is -2.23. The Morgan fingerprint density at radius 2 is 1.57 bits per heavy atom. The summed E-state index contributed by atoms with van der Waals surface area (Å²) in [4.78, 5) is 4.71. The summed E-state index contributed by atoms with van der Waals surface area (Å²) in [5.74, 6) is 0.613. The van der Waals surface area contributed by atoms with Crippen LogP contribution in [0.1, 0.15) is 11.1 Å². The predicted molar refractivity (Wildman–Crippen MR) is 118 cm³/mol. The number of rotatable bonds is 7. The highest BCUT2D eigenvalue weighted by Gasteiger charge is 2.25. The van der Waals surface area contributed by atoms with Gasteiger partial charge in [0.05, 0.1) is 17.5 Å². The first-order chi connectivity index (χ1) is 14.6. The Kier molecular flexibility index (Phi) is 5.79. The molecule has 3 aromatic carbocycles. The standard InChI is InChI=1S/C24H22N2O3S/c1-29-22-12-14-23(15-13-22)30(27,28)26(17-19-7-3-2-4-8-19)18-21-10-5-9-20-11-6-16-25-24(20)21/h2-16H,17-18H2,1H3. The summed E-state index contributed by atoms with van der Waals surface area (Å²) in [6, 6.07) is 25.8. The molecular weight excluding hydrogens is 396 g/mol. The molecule has 5 nitrogen and oxygen atoms in total. The molecule has 0 N–H and O–H groups in total. The van der Waals surface area contributed by atoms with Crippen LogP contribution in [0.2, 0.25) is 0 Å². The zero-order valence-corrected chi connectivity index (χ0v) is 17.4. The zero-order chi connectivity index (χ0) is 21.0. The Labute approximate surface area is 176 Å². The molecule has 0 radical (unpaired) electrons. The van der Waals surface area contributed by atoms with Crippen molar-refractivity contribution in [1.29, 1.82) is 0 Å². The van der Waals surface area contributed by atoms with Crippen LogP contribution in [-0.2, 0) is 23.1 Å². The lowest BCUT2D eigenvalue weighted by molar-refractivity contribution is 0.401. The number of methoxy groups -OCH3 is 1. The van der Waals surface area contributed by atoms with Crippen molar-refractivity contribution >= 4 is 20.9 Å². The molecule has 0 fully saturated rings. The number of sulfonamides is 1. The van der Waals surface area contributed by atoms with Gasteiger partial charge in [-0.2, -0.15) is 4.31 Å². The molecule has 0 amide bonds. The number of benzene rings is 3. The van der Waals surface area contributed by atoms with Crippen LogP contribution in [0.15, 0.2) is 96.0 Å². The number of pyridine rings is 1. The molecule has 0 saturated carbocycles. The monoisotopic (exact) mass is 418 g/mol. The van der Waals surface area contributed by atoms with Crippen LogP contribution in [0.3, 0.4) is 0 Å². The number of para-hydroxylation sites is 1. The van der Waals surface area contributed by atoms with Crippen LogP contribution in [0.4, 0.5) is 0 Å². The maximum atomic E-state index is 13.5. The second kappa shape index (κ2) is 8.65. The van der Waals surface area contributed by atoms with Gasteiger partial charge in [0.1, 0.15) is 5.75 Å². The van der Waals surface area contributed by atoms with Crippen LogP contribution in [0, 0.1) is 0 Å². The Balaban J connectivity index is 1.75. The highest BCUT2D eigenvalue weighted by atomic mass is 32.2. The second-order valence-corrected chi connectivity index (χ2v) is 8.86. The Hall–Kier alpha value is -3.22. The van der Waals surface area contributed by atoms with Crippen molar-refractivity contribution < 1.29 is 13.2 Å². The first-order valence-electron chi connectivity index (χ1n) is 9.59. The van der Waals surface area contributed by atoms with E-state index in [9.17, 15) is 8.42 Å². The minimum atomic E-state index is -3.74. The van der Waals surface area contributed by atoms with E-state index in [2.05, 4.69) is 4.98 Å². The van der Waals surface area contributed by atoms with Crippen molar-refractivity contribution in [1.82, 2.24) is 9.29 Å². The van der Waals surface area contributed by atoms with E-state index < -0.39 is 10.0 Å². The molecule has 0 bridgehead atoms. The van der Waals surface area contributed by atoms with Gasteiger partial charge in [0.15, 0.2) is 0 Å². The van der Waals surface area contributed by atoms with Gasteiger partial charge < -0.3 is 4.74 Å². The van der Waals surface area contributed by atoms with Crippen molar-refractivity contribution in [3.05, 3.63) is 102 Å². The van der Waals surface area contributed by atoms with Gasteiger partial charge >= 0.3 is 0 Å². The molecule has 30 heavy (non-hydrogen) atoms. The average Bonchev–Trinajstić information content (AvgIpc) is 2.79. The van der Waals surface area contributed by atoms with Gasteiger partial charge in [-0.05, 0) is 41.5 Å². The van der Waals surface area contributed by atoms with Crippen molar-refractivity contribution in [2.45, 2.75) is 18.0 Å². The van der Waals surface area contributed by atoms with E-state index in [0.29, 0.717) is 5.75 Å². The topological polar surface area (TPSA) is 59.5 Å². The third-order valence-corrected chi connectivity index (χ3v) is 6.77. The number of ether oxygens (including phenoxy) is 1. The van der Waals surface area contributed by atoms with Crippen molar-refractivity contribution in [3.63, 3.8) is 0 Å². The summed E-state index contributed by atoms with van der Waals surface area (Å²) in [5.41, 5.74) is 2.59. The van der Waals surface area contributed by atoms with Crippen molar-refractivity contribution in [2.24, 2.45) is 0 Å². The molecule has 0 aliphatic rings. The molecule has 0 unspecified atom stereocenters. The first kappa shape index (κ1) is 20.1. The Morgan fingerprint density at radius 3 is 2.30 bits per heavy atom.